The summed E-state index contributed by atoms with van der Waals surface area (Å²) in [6, 6.07) is 0.487. The lowest BCUT2D eigenvalue weighted by atomic mass is 9.64. The molecule has 1 amide bonds. The van der Waals surface area contributed by atoms with Gasteiger partial charge in [-0.05, 0) is 26.2 Å². The molecule has 3 unspecified atom stereocenters. The van der Waals surface area contributed by atoms with Crippen molar-refractivity contribution in [1.82, 2.24) is 10.6 Å². The van der Waals surface area contributed by atoms with E-state index >= 15 is 0 Å². The number of nitrogens with one attached hydrogen (secondary N) is 2. The van der Waals surface area contributed by atoms with E-state index in [-0.39, 0.29) is 23.4 Å². The van der Waals surface area contributed by atoms with Gasteiger partial charge >= 0.3 is 0 Å². The van der Waals surface area contributed by atoms with Gasteiger partial charge in [0.25, 0.3) is 0 Å². The van der Waals surface area contributed by atoms with Gasteiger partial charge in [0, 0.05) is 24.6 Å². The number of ether oxygens (including phenoxy) is 1. The molecule has 1 saturated carbocycles. The molecule has 3 atom stereocenters. The second-order valence-corrected chi connectivity index (χ2v) is 6.24. The fraction of sp³-hybridized carbons (Fsp3) is 0.933. The summed E-state index contributed by atoms with van der Waals surface area (Å²) in [5, 5.41) is 6.52. The number of rotatable bonds is 7. The molecule has 1 rings (SSSR count). The molecule has 2 N–H and O–H groups in total. The molecule has 1 fully saturated rings. The van der Waals surface area contributed by atoms with Crippen LogP contribution in [0.3, 0.4) is 0 Å². The fourth-order valence-corrected chi connectivity index (χ4v) is 2.76. The van der Waals surface area contributed by atoms with E-state index in [1.165, 1.54) is 0 Å². The predicted molar refractivity (Wildman–Crippen MR) is 78.1 cm³/mol. The summed E-state index contributed by atoms with van der Waals surface area (Å²) in [6.45, 7) is 10.5. The van der Waals surface area contributed by atoms with Gasteiger partial charge in [0.2, 0.25) is 5.91 Å². The van der Waals surface area contributed by atoms with Gasteiger partial charge in [-0.3, -0.25) is 4.79 Å². The maximum absolute atomic E-state index is 12.1. The maximum atomic E-state index is 12.1. The average Bonchev–Trinajstić information content (AvgIpc) is 2.39. The summed E-state index contributed by atoms with van der Waals surface area (Å²) in [6.07, 6.45) is 3.23. The molecule has 112 valence electrons. The Bertz CT molecular complexity index is 301. The lowest BCUT2D eigenvalue weighted by molar-refractivity contribution is -0.127. The number of hydrogen-bond donors (Lipinski definition) is 2. The summed E-state index contributed by atoms with van der Waals surface area (Å²) >= 11 is 0. The van der Waals surface area contributed by atoms with Crippen molar-refractivity contribution in [3.63, 3.8) is 0 Å². The van der Waals surface area contributed by atoms with Crippen LogP contribution >= 0.6 is 0 Å². The zero-order valence-corrected chi connectivity index (χ0v) is 13.2. The lowest BCUT2D eigenvalue weighted by Gasteiger charge is -2.52. The molecule has 0 aromatic rings. The Kier molecular flexibility index (Phi) is 5.81. The van der Waals surface area contributed by atoms with E-state index in [0.717, 1.165) is 19.3 Å². The SMILES string of the molecule is CCC(CC)NC(=O)C(C)NC1CC(OC)C1(C)C. The second-order valence-electron chi connectivity index (χ2n) is 6.24. The Morgan fingerprint density at radius 3 is 2.37 bits per heavy atom. The highest BCUT2D eigenvalue weighted by Crippen LogP contribution is 2.42. The minimum atomic E-state index is -0.150. The van der Waals surface area contributed by atoms with E-state index in [1.54, 1.807) is 7.11 Å². The molecule has 0 radical (unpaired) electrons. The molecule has 1 aliphatic rings. The Morgan fingerprint density at radius 2 is 1.95 bits per heavy atom. The first-order valence-electron chi connectivity index (χ1n) is 7.45. The predicted octanol–water partition coefficient (Wildman–Crippen LogP) is 2.08. The monoisotopic (exact) mass is 270 g/mol. The van der Waals surface area contributed by atoms with Gasteiger partial charge in [-0.15, -0.1) is 0 Å². The molecule has 0 heterocycles. The second kappa shape index (κ2) is 6.71. The van der Waals surface area contributed by atoms with Crippen LogP contribution < -0.4 is 10.6 Å². The third-order valence-corrected chi connectivity index (χ3v) is 4.64. The molecule has 1 aliphatic carbocycles. The molecule has 0 saturated heterocycles. The summed E-state index contributed by atoms with van der Waals surface area (Å²) in [7, 11) is 1.76. The van der Waals surface area contributed by atoms with Gasteiger partial charge in [0.05, 0.1) is 12.1 Å². The van der Waals surface area contributed by atoms with Crippen molar-refractivity contribution in [3.05, 3.63) is 0 Å². The topological polar surface area (TPSA) is 50.4 Å². The van der Waals surface area contributed by atoms with Crippen LogP contribution in [-0.2, 0) is 9.53 Å². The normalized spacial score (nSPS) is 26.9. The molecule has 0 spiro atoms. The van der Waals surface area contributed by atoms with Crippen molar-refractivity contribution in [2.75, 3.05) is 7.11 Å². The van der Waals surface area contributed by atoms with Crippen molar-refractivity contribution in [3.8, 4) is 0 Å². The first-order chi connectivity index (χ1) is 8.86. The summed E-state index contributed by atoms with van der Waals surface area (Å²) in [5.74, 6) is 0.102. The van der Waals surface area contributed by atoms with E-state index in [9.17, 15) is 4.79 Å². The molecule has 4 nitrogen and oxygen atoms in total. The lowest BCUT2D eigenvalue weighted by Crippen LogP contribution is -2.64. The standard InChI is InChI=1S/C15H30N2O2/c1-7-11(8-2)17-14(18)10(3)16-12-9-13(19-6)15(12,4)5/h10-13,16H,7-9H2,1-6H3,(H,17,18). The van der Waals surface area contributed by atoms with E-state index in [0.29, 0.717) is 12.1 Å². The number of carbonyl (C=O) groups is 1. The van der Waals surface area contributed by atoms with Crippen LogP contribution in [0, 0.1) is 5.41 Å². The summed E-state index contributed by atoms with van der Waals surface area (Å²) in [5.41, 5.74) is 0.0954. The average molecular weight is 270 g/mol. The Morgan fingerprint density at radius 1 is 1.37 bits per heavy atom. The number of methoxy groups -OCH3 is 1. The van der Waals surface area contributed by atoms with Crippen LogP contribution in [0.25, 0.3) is 0 Å². The van der Waals surface area contributed by atoms with Gasteiger partial charge in [-0.25, -0.2) is 0 Å². The Balaban J connectivity index is 2.43. The van der Waals surface area contributed by atoms with E-state index in [1.807, 2.05) is 6.92 Å². The van der Waals surface area contributed by atoms with E-state index in [2.05, 4.69) is 38.3 Å². The van der Waals surface area contributed by atoms with Gasteiger partial charge in [0.15, 0.2) is 0 Å². The molecule has 0 bridgehead atoms. The zero-order chi connectivity index (χ0) is 14.6. The maximum Gasteiger partial charge on any atom is 0.237 e. The highest BCUT2D eigenvalue weighted by atomic mass is 16.5. The van der Waals surface area contributed by atoms with Crippen molar-refractivity contribution >= 4 is 5.91 Å². The Labute approximate surface area is 117 Å². The smallest absolute Gasteiger partial charge is 0.237 e. The van der Waals surface area contributed by atoms with Crippen LogP contribution in [0.5, 0.6) is 0 Å². The molecular formula is C15H30N2O2. The van der Waals surface area contributed by atoms with Crippen molar-refractivity contribution in [2.24, 2.45) is 5.41 Å². The molecule has 0 aromatic carbocycles. The molecule has 0 aliphatic heterocycles. The molecular weight excluding hydrogens is 240 g/mol. The van der Waals surface area contributed by atoms with Gasteiger partial charge < -0.3 is 15.4 Å². The van der Waals surface area contributed by atoms with E-state index < -0.39 is 0 Å². The third-order valence-electron chi connectivity index (χ3n) is 4.64. The highest BCUT2D eigenvalue weighted by molar-refractivity contribution is 5.81. The van der Waals surface area contributed by atoms with Crippen LogP contribution in [0.15, 0.2) is 0 Å². The number of hydrogen-bond acceptors (Lipinski definition) is 3. The Hall–Kier alpha value is -0.610. The molecule has 19 heavy (non-hydrogen) atoms. The minimum absolute atomic E-state index is 0.0954. The first kappa shape index (κ1) is 16.4. The van der Waals surface area contributed by atoms with Gasteiger partial charge in [-0.2, -0.15) is 0 Å². The quantitative estimate of drug-likeness (QED) is 0.745. The number of carbonyl (C=O) groups excluding carboxylic acids is 1. The fourth-order valence-electron chi connectivity index (χ4n) is 2.76. The van der Waals surface area contributed by atoms with Crippen molar-refractivity contribution in [1.29, 1.82) is 0 Å². The first-order valence-corrected chi connectivity index (χ1v) is 7.45. The van der Waals surface area contributed by atoms with Gasteiger partial charge in [0.1, 0.15) is 0 Å². The number of amides is 1. The highest BCUT2D eigenvalue weighted by Gasteiger charge is 2.49. The zero-order valence-electron chi connectivity index (χ0n) is 13.2. The van der Waals surface area contributed by atoms with E-state index in [4.69, 9.17) is 4.74 Å². The third kappa shape index (κ3) is 3.69. The summed E-state index contributed by atoms with van der Waals surface area (Å²) < 4.78 is 5.43. The van der Waals surface area contributed by atoms with Crippen LogP contribution in [-0.4, -0.2) is 37.2 Å². The van der Waals surface area contributed by atoms with Crippen molar-refractivity contribution in [2.45, 2.75) is 78.1 Å². The van der Waals surface area contributed by atoms with Crippen molar-refractivity contribution < 1.29 is 9.53 Å². The van der Waals surface area contributed by atoms with Crippen LogP contribution in [0.4, 0.5) is 0 Å². The molecule has 4 heteroatoms. The van der Waals surface area contributed by atoms with Crippen LogP contribution in [0.1, 0.15) is 53.9 Å². The summed E-state index contributed by atoms with van der Waals surface area (Å²) in [4.78, 5) is 12.1. The minimum Gasteiger partial charge on any atom is -0.381 e. The van der Waals surface area contributed by atoms with Gasteiger partial charge in [-0.1, -0.05) is 27.7 Å². The largest absolute Gasteiger partial charge is 0.381 e. The van der Waals surface area contributed by atoms with Crippen LogP contribution in [0.2, 0.25) is 0 Å². The molecule has 0 aromatic heterocycles.